The van der Waals surface area contributed by atoms with Gasteiger partial charge in [0.2, 0.25) is 0 Å². The third-order valence-corrected chi connectivity index (χ3v) is 5.95. The van der Waals surface area contributed by atoms with E-state index in [1.165, 1.54) is 0 Å². The molecule has 0 unspecified atom stereocenters. The zero-order valence-electron chi connectivity index (χ0n) is 16.8. The summed E-state index contributed by atoms with van der Waals surface area (Å²) < 4.78 is 45.3. The summed E-state index contributed by atoms with van der Waals surface area (Å²) in [6, 6.07) is 3.86. The van der Waals surface area contributed by atoms with E-state index in [1.54, 1.807) is 11.3 Å². The Bertz CT molecular complexity index is 929. The Morgan fingerprint density at radius 2 is 2.10 bits per heavy atom. The minimum absolute atomic E-state index is 0.00345. The number of aryl methyl sites for hydroxylation is 2. The summed E-state index contributed by atoms with van der Waals surface area (Å²) >= 11 is 1.63. The van der Waals surface area contributed by atoms with Crippen molar-refractivity contribution in [2.45, 2.75) is 31.9 Å². The summed E-state index contributed by atoms with van der Waals surface area (Å²) in [5, 5.41) is 10.2. The largest absolute Gasteiger partial charge is 0.490 e. The Kier molecular flexibility index (Phi) is 7.02. The highest BCUT2D eigenvalue weighted by Crippen LogP contribution is 2.33. The van der Waals surface area contributed by atoms with Gasteiger partial charge in [-0.05, 0) is 19.1 Å². The van der Waals surface area contributed by atoms with E-state index >= 15 is 0 Å². The predicted octanol–water partition coefficient (Wildman–Crippen LogP) is 2.48. The van der Waals surface area contributed by atoms with Crippen molar-refractivity contribution in [3.05, 3.63) is 40.1 Å². The van der Waals surface area contributed by atoms with Crippen LogP contribution in [0, 0.1) is 12.8 Å². The maximum atomic E-state index is 12.9. The van der Waals surface area contributed by atoms with Gasteiger partial charge in [0.1, 0.15) is 5.69 Å². The molecule has 2 aromatic rings. The Labute approximate surface area is 180 Å². The van der Waals surface area contributed by atoms with Gasteiger partial charge in [0.25, 0.3) is 5.91 Å². The number of rotatable bonds is 4. The number of carbonyl (C=O) groups is 2. The van der Waals surface area contributed by atoms with Crippen molar-refractivity contribution in [1.82, 2.24) is 14.5 Å². The van der Waals surface area contributed by atoms with Gasteiger partial charge in [-0.1, -0.05) is 0 Å². The fraction of sp³-hybridized carbons (Fsp3) is 0.526. The Morgan fingerprint density at radius 1 is 1.39 bits per heavy atom. The number of carboxylic acids is 1. The molecular weight excluding hydrogens is 439 g/mol. The van der Waals surface area contributed by atoms with Crippen LogP contribution in [0.5, 0.6) is 0 Å². The van der Waals surface area contributed by atoms with E-state index in [0.717, 1.165) is 10.7 Å². The molecule has 1 amide bonds. The summed E-state index contributed by atoms with van der Waals surface area (Å²) in [5.41, 5.74) is 1.66. The van der Waals surface area contributed by atoms with Gasteiger partial charge in [-0.25, -0.2) is 9.78 Å². The van der Waals surface area contributed by atoms with Crippen molar-refractivity contribution in [3.63, 3.8) is 0 Å². The zero-order chi connectivity index (χ0) is 22.8. The summed E-state index contributed by atoms with van der Waals surface area (Å²) in [7, 11) is 1.89. The molecule has 2 saturated heterocycles. The molecule has 0 radical (unpaired) electrons. The second-order valence-corrected chi connectivity index (χ2v) is 8.30. The van der Waals surface area contributed by atoms with Crippen molar-refractivity contribution in [1.29, 1.82) is 0 Å². The number of thiazole rings is 1. The number of aliphatic carboxylic acids is 1. The van der Waals surface area contributed by atoms with E-state index in [1.807, 2.05) is 47.1 Å². The molecule has 0 bridgehead atoms. The standard InChI is InChI=1S/C17H21N3O3S.C2HF3O2/c1-11-18-12(10-24-11)7-23-16-6-20(15-9-22-8-13(15)16)17(21)14-4-3-5-19(14)2;3-2(4,5)1(6)7/h3-5,10,13,15-16H,6-9H2,1-2H3;(H,6,7)/t13-,15+,16-;/m0./s1. The number of carboxylic acid groups (broad SMARTS) is 1. The molecule has 3 atom stereocenters. The molecule has 170 valence electrons. The molecule has 2 fully saturated rings. The van der Waals surface area contributed by atoms with E-state index in [-0.39, 0.29) is 24.0 Å². The number of carbonyl (C=O) groups excluding carboxylic acids is 1. The smallest absolute Gasteiger partial charge is 0.475 e. The van der Waals surface area contributed by atoms with E-state index in [0.29, 0.717) is 32.1 Å². The summed E-state index contributed by atoms with van der Waals surface area (Å²) in [4.78, 5) is 28.1. The molecule has 0 spiro atoms. The highest BCUT2D eigenvalue weighted by molar-refractivity contribution is 7.09. The van der Waals surface area contributed by atoms with Gasteiger partial charge in [0.05, 0.1) is 42.7 Å². The SMILES string of the molecule is Cc1nc(CO[C@H]2CN(C(=O)c3cccn3C)[C@@H]3COC[C@H]23)cs1.O=C(O)C(F)(F)F. The van der Waals surface area contributed by atoms with Crippen LogP contribution >= 0.6 is 11.3 Å². The summed E-state index contributed by atoms with van der Waals surface area (Å²) in [6.45, 7) is 4.35. The number of aromatic nitrogens is 2. The maximum absolute atomic E-state index is 12.9. The van der Waals surface area contributed by atoms with Crippen molar-refractivity contribution in [3.8, 4) is 0 Å². The van der Waals surface area contributed by atoms with E-state index in [9.17, 15) is 18.0 Å². The fourth-order valence-corrected chi connectivity index (χ4v) is 4.20. The van der Waals surface area contributed by atoms with Crippen LogP contribution < -0.4 is 0 Å². The molecule has 2 aromatic heterocycles. The maximum Gasteiger partial charge on any atom is 0.490 e. The van der Waals surface area contributed by atoms with Crippen LogP contribution in [0.25, 0.3) is 0 Å². The number of hydrogen-bond donors (Lipinski definition) is 1. The quantitative estimate of drug-likeness (QED) is 0.752. The Balaban J connectivity index is 0.000000339. The number of likely N-dealkylation sites (tertiary alicyclic amines) is 1. The third kappa shape index (κ3) is 5.43. The van der Waals surface area contributed by atoms with Crippen LogP contribution in [-0.2, 0) is 27.9 Å². The van der Waals surface area contributed by atoms with Gasteiger partial charge in [0, 0.05) is 31.1 Å². The first-order valence-electron chi connectivity index (χ1n) is 9.40. The minimum atomic E-state index is -5.08. The first-order chi connectivity index (χ1) is 14.6. The van der Waals surface area contributed by atoms with Crippen LogP contribution in [0.2, 0.25) is 0 Å². The van der Waals surface area contributed by atoms with E-state index in [4.69, 9.17) is 19.4 Å². The second kappa shape index (κ2) is 9.37. The van der Waals surface area contributed by atoms with Gasteiger partial charge in [-0.3, -0.25) is 4.79 Å². The average molecular weight is 461 g/mol. The third-order valence-electron chi connectivity index (χ3n) is 5.13. The molecule has 1 N–H and O–H groups in total. The van der Waals surface area contributed by atoms with E-state index < -0.39 is 12.1 Å². The summed E-state index contributed by atoms with van der Waals surface area (Å²) in [6.07, 6.45) is -3.19. The number of amides is 1. The minimum Gasteiger partial charge on any atom is -0.475 e. The lowest BCUT2D eigenvalue weighted by atomic mass is 10.0. The molecule has 2 aliphatic heterocycles. The van der Waals surface area contributed by atoms with Gasteiger partial charge in [-0.15, -0.1) is 11.3 Å². The average Bonchev–Trinajstić information content (AvgIpc) is 3.45. The molecule has 4 heterocycles. The van der Waals surface area contributed by atoms with Crippen molar-refractivity contribution >= 4 is 23.2 Å². The highest BCUT2D eigenvalue weighted by atomic mass is 32.1. The molecule has 2 aliphatic rings. The van der Waals surface area contributed by atoms with Crippen LogP contribution in [0.15, 0.2) is 23.7 Å². The first kappa shape index (κ1) is 23.2. The van der Waals surface area contributed by atoms with Gasteiger partial charge in [-0.2, -0.15) is 13.2 Å². The second-order valence-electron chi connectivity index (χ2n) is 7.24. The summed E-state index contributed by atoms with van der Waals surface area (Å²) in [5.74, 6) is -2.46. The highest BCUT2D eigenvalue weighted by Gasteiger charge is 2.48. The lowest BCUT2D eigenvalue weighted by Gasteiger charge is -2.22. The van der Waals surface area contributed by atoms with Gasteiger partial charge in [0.15, 0.2) is 0 Å². The van der Waals surface area contributed by atoms with Crippen LogP contribution in [0.3, 0.4) is 0 Å². The number of halogens is 3. The van der Waals surface area contributed by atoms with Crippen molar-refractivity contribution in [2.24, 2.45) is 13.0 Å². The van der Waals surface area contributed by atoms with Crippen LogP contribution in [0.4, 0.5) is 13.2 Å². The zero-order valence-corrected chi connectivity index (χ0v) is 17.7. The molecule has 4 rings (SSSR count). The number of nitrogens with zero attached hydrogens (tertiary/aromatic N) is 3. The van der Waals surface area contributed by atoms with Crippen LogP contribution in [0.1, 0.15) is 21.2 Å². The number of hydrogen-bond acceptors (Lipinski definition) is 6. The molecule has 8 nitrogen and oxygen atoms in total. The first-order valence-corrected chi connectivity index (χ1v) is 10.3. The van der Waals surface area contributed by atoms with Crippen LogP contribution in [-0.4, -0.2) is 69.5 Å². The molecule has 0 aliphatic carbocycles. The Hall–Kier alpha value is -2.44. The number of fused-ring (bicyclic) bond motifs is 1. The molecule has 0 aromatic carbocycles. The lowest BCUT2D eigenvalue weighted by molar-refractivity contribution is -0.192. The van der Waals surface area contributed by atoms with Gasteiger partial charge >= 0.3 is 12.1 Å². The van der Waals surface area contributed by atoms with Crippen molar-refractivity contribution in [2.75, 3.05) is 19.8 Å². The lowest BCUT2D eigenvalue weighted by Crippen LogP contribution is -2.38. The number of ether oxygens (including phenoxy) is 2. The molecular formula is C19H22F3N3O5S. The topological polar surface area (TPSA) is 93.9 Å². The van der Waals surface area contributed by atoms with Gasteiger partial charge < -0.3 is 24.0 Å². The number of alkyl halides is 3. The monoisotopic (exact) mass is 461 g/mol. The predicted molar refractivity (Wildman–Crippen MR) is 104 cm³/mol. The van der Waals surface area contributed by atoms with Crippen molar-refractivity contribution < 1.29 is 37.3 Å². The normalized spacial score (nSPS) is 22.7. The molecule has 31 heavy (non-hydrogen) atoms. The molecule has 0 saturated carbocycles. The van der Waals surface area contributed by atoms with E-state index in [2.05, 4.69) is 4.98 Å². The Morgan fingerprint density at radius 3 is 2.65 bits per heavy atom. The fourth-order valence-electron chi connectivity index (χ4n) is 3.61. The molecule has 12 heteroatoms.